The highest BCUT2D eigenvalue weighted by Gasteiger charge is 2.20. The first-order chi connectivity index (χ1) is 8.84. The van der Waals surface area contributed by atoms with Gasteiger partial charge in [0.1, 0.15) is 6.54 Å². The van der Waals surface area contributed by atoms with Crippen LogP contribution in [0.1, 0.15) is 30.7 Å². The predicted octanol–water partition coefficient (Wildman–Crippen LogP) is 0.541. The second kappa shape index (κ2) is 5.10. The summed E-state index contributed by atoms with van der Waals surface area (Å²) < 4.78 is 2.03. The van der Waals surface area contributed by atoms with Crippen LogP contribution in [0.3, 0.4) is 0 Å². The van der Waals surface area contributed by atoms with E-state index in [1.54, 1.807) is 0 Å². The van der Waals surface area contributed by atoms with Crippen molar-refractivity contribution in [3.63, 3.8) is 0 Å². The van der Waals surface area contributed by atoms with Gasteiger partial charge < -0.3 is 14.8 Å². The van der Waals surface area contributed by atoms with Crippen LogP contribution in [0.25, 0.3) is 0 Å². The Morgan fingerprint density at radius 3 is 3.00 bits per heavy atom. The molecule has 1 amide bonds. The second-order valence-electron chi connectivity index (χ2n) is 5.13. The van der Waals surface area contributed by atoms with Crippen LogP contribution in [0.5, 0.6) is 0 Å². The summed E-state index contributed by atoms with van der Waals surface area (Å²) in [7, 11) is 0. The van der Waals surface area contributed by atoms with Gasteiger partial charge in [0, 0.05) is 38.3 Å². The SMILES string of the molecule is O=C(Cn1cnc2c1CCNC2)N1CCCCC1. The molecule has 1 saturated heterocycles. The minimum atomic E-state index is 0.244. The highest BCUT2D eigenvalue weighted by Crippen LogP contribution is 2.14. The maximum absolute atomic E-state index is 12.2. The lowest BCUT2D eigenvalue weighted by Gasteiger charge is -2.27. The van der Waals surface area contributed by atoms with Gasteiger partial charge in [-0.15, -0.1) is 0 Å². The zero-order valence-electron chi connectivity index (χ0n) is 10.7. The fourth-order valence-electron chi connectivity index (χ4n) is 2.82. The van der Waals surface area contributed by atoms with Crippen LogP contribution in [0.4, 0.5) is 0 Å². The summed E-state index contributed by atoms with van der Waals surface area (Å²) in [4.78, 5) is 18.6. The topological polar surface area (TPSA) is 50.2 Å². The van der Waals surface area contributed by atoms with Gasteiger partial charge in [-0.1, -0.05) is 0 Å². The van der Waals surface area contributed by atoms with E-state index in [1.807, 2.05) is 15.8 Å². The molecule has 1 N–H and O–H groups in total. The molecule has 0 unspecified atom stereocenters. The average molecular weight is 248 g/mol. The van der Waals surface area contributed by atoms with Gasteiger partial charge in [-0.25, -0.2) is 4.98 Å². The summed E-state index contributed by atoms with van der Waals surface area (Å²) in [5.41, 5.74) is 2.34. The van der Waals surface area contributed by atoms with E-state index in [4.69, 9.17) is 0 Å². The summed E-state index contributed by atoms with van der Waals surface area (Å²) in [6, 6.07) is 0. The van der Waals surface area contributed by atoms with Crippen molar-refractivity contribution >= 4 is 5.91 Å². The number of hydrogen-bond acceptors (Lipinski definition) is 3. The van der Waals surface area contributed by atoms with Crippen molar-refractivity contribution in [3.8, 4) is 0 Å². The number of rotatable bonds is 2. The van der Waals surface area contributed by atoms with E-state index in [1.165, 1.54) is 12.1 Å². The Balaban J connectivity index is 1.68. The van der Waals surface area contributed by atoms with Crippen molar-refractivity contribution in [1.82, 2.24) is 19.8 Å². The smallest absolute Gasteiger partial charge is 0.242 e. The minimum absolute atomic E-state index is 0.244. The number of hydrogen-bond donors (Lipinski definition) is 1. The van der Waals surface area contributed by atoms with E-state index in [0.29, 0.717) is 6.54 Å². The van der Waals surface area contributed by atoms with Crippen LogP contribution in [-0.4, -0.2) is 40.0 Å². The molecule has 5 nitrogen and oxygen atoms in total. The van der Waals surface area contributed by atoms with Crippen LogP contribution in [0, 0.1) is 0 Å². The summed E-state index contributed by atoms with van der Waals surface area (Å²) in [5, 5.41) is 3.30. The van der Waals surface area contributed by atoms with Crippen LogP contribution in [0.2, 0.25) is 0 Å². The standard InChI is InChI=1S/C13H20N4O/c18-13(16-6-2-1-3-7-16)9-17-10-15-11-8-14-5-4-12(11)17/h10,14H,1-9H2. The lowest BCUT2D eigenvalue weighted by molar-refractivity contribution is -0.132. The molecule has 1 aromatic heterocycles. The molecule has 3 heterocycles. The highest BCUT2D eigenvalue weighted by molar-refractivity contribution is 5.76. The fraction of sp³-hybridized carbons (Fsp3) is 0.692. The van der Waals surface area contributed by atoms with E-state index in [9.17, 15) is 4.79 Å². The summed E-state index contributed by atoms with van der Waals surface area (Å²) in [5.74, 6) is 0.244. The average Bonchev–Trinajstić information content (AvgIpc) is 2.83. The third-order valence-electron chi connectivity index (χ3n) is 3.88. The van der Waals surface area contributed by atoms with Gasteiger partial charge in [-0.2, -0.15) is 0 Å². The molecule has 0 bridgehead atoms. The lowest BCUT2D eigenvalue weighted by Crippen LogP contribution is -2.38. The zero-order valence-corrected chi connectivity index (χ0v) is 10.7. The van der Waals surface area contributed by atoms with E-state index in [-0.39, 0.29) is 5.91 Å². The van der Waals surface area contributed by atoms with Gasteiger partial charge in [0.25, 0.3) is 0 Å². The maximum atomic E-state index is 12.2. The Hall–Kier alpha value is -1.36. The Bertz CT molecular complexity index is 434. The van der Waals surface area contributed by atoms with Gasteiger partial charge in [0.2, 0.25) is 5.91 Å². The van der Waals surface area contributed by atoms with E-state index >= 15 is 0 Å². The van der Waals surface area contributed by atoms with E-state index in [2.05, 4.69) is 10.3 Å². The molecule has 1 aromatic rings. The first kappa shape index (κ1) is 11.7. The molecular formula is C13H20N4O. The van der Waals surface area contributed by atoms with Crippen LogP contribution >= 0.6 is 0 Å². The molecule has 5 heteroatoms. The Labute approximate surface area is 107 Å². The maximum Gasteiger partial charge on any atom is 0.242 e. The Morgan fingerprint density at radius 2 is 2.17 bits per heavy atom. The van der Waals surface area contributed by atoms with Gasteiger partial charge in [0.15, 0.2) is 0 Å². The van der Waals surface area contributed by atoms with Crippen molar-refractivity contribution in [3.05, 3.63) is 17.7 Å². The second-order valence-corrected chi connectivity index (χ2v) is 5.13. The molecule has 0 aromatic carbocycles. The molecule has 18 heavy (non-hydrogen) atoms. The number of imidazole rings is 1. The minimum Gasteiger partial charge on any atom is -0.341 e. The quantitative estimate of drug-likeness (QED) is 0.831. The number of likely N-dealkylation sites (tertiary alicyclic amines) is 1. The normalized spacial score (nSPS) is 19.7. The molecule has 0 spiro atoms. The van der Waals surface area contributed by atoms with Crippen LogP contribution < -0.4 is 5.32 Å². The molecule has 98 valence electrons. The van der Waals surface area contributed by atoms with Gasteiger partial charge in [-0.05, 0) is 19.3 Å². The Kier molecular flexibility index (Phi) is 3.32. The predicted molar refractivity (Wildman–Crippen MR) is 68.1 cm³/mol. The molecule has 0 radical (unpaired) electrons. The van der Waals surface area contributed by atoms with Crippen molar-refractivity contribution < 1.29 is 4.79 Å². The van der Waals surface area contributed by atoms with Crippen LogP contribution in [-0.2, 0) is 24.3 Å². The molecular weight excluding hydrogens is 228 g/mol. The fourth-order valence-corrected chi connectivity index (χ4v) is 2.82. The molecule has 0 saturated carbocycles. The molecule has 2 aliphatic heterocycles. The number of carbonyl (C=O) groups is 1. The number of piperidine rings is 1. The van der Waals surface area contributed by atoms with Gasteiger partial charge in [0.05, 0.1) is 12.0 Å². The molecule has 1 fully saturated rings. The Morgan fingerprint density at radius 1 is 1.33 bits per heavy atom. The van der Waals surface area contributed by atoms with E-state index < -0.39 is 0 Å². The molecule has 2 aliphatic rings. The first-order valence-corrected chi connectivity index (χ1v) is 6.86. The third kappa shape index (κ3) is 2.27. The molecule has 0 atom stereocenters. The zero-order chi connectivity index (χ0) is 12.4. The molecule has 3 rings (SSSR count). The number of amides is 1. The number of carbonyl (C=O) groups excluding carboxylic acids is 1. The van der Waals surface area contributed by atoms with Crippen molar-refractivity contribution in [2.45, 2.75) is 38.8 Å². The van der Waals surface area contributed by atoms with Gasteiger partial charge >= 0.3 is 0 Å². The number of aromatic nitrogens is 2. The number of fused-ring (bicyclic) bond motifs is 1. The largest absolute Gasteiger partial charge is 0.341 e. The lowest BCUT2D eigenvalue weighted by atomic mass is 10.1. The number of nitrogens with one attached hydrogen (secondary N) is 1. The van der Waals surface area contributed by atoms with Crippen molar-refractivity contribution in [2.75, 3.05) is 19.6 Å². The summed E-state index contributed by atoms with van der Waals surface area (Å²) in [6.45, 7) is 4.13. The van der Waals surface area contributed by atoms with E-state index in [0.717, 1.165) is 51.1 Å². The number of nitrogens with zero attached hydrogens (tertiary/aromatic N) is 3. The molecule has 0 aliphatic carbocycles. The summed E-state index contributed by atoms with van der Waals surface area (Å²) in [6.07, 6.45) is 6.35. The summed E-state index contributed by atoms with van der Waals surface area (Å²) >= 11 is 0. The van der Waals surface area contributed by atoms with Gasteiger partial charge in [-0.3, -0.25) is 4.79 Å². The van der Waals surface area contributed by atoms with Crippen molar-refractivity contribution in [1.29, 1.82) is 0 Å². The highest BCUT2D eigenvalue weighted by atomic mass is 16.2. The first-order valence-electron chi connectivity index (χ1n) is 6.86. The van der Waals surface area contributed by atoms with Crippen LogP contribution in [0.15, 0.2) is 6.33 Å². The van der Waals surface area contributed by atoms with Crippen molar-refractivity contribution in [2.24, 2.45) is 0 Å². The third-order valence-corrected chi connectivity index (χ3v) is 3.88. The monoisotopic (exact) mass is 248 g/mol.